The monoisotopic (exact) mass is 433 g/mol. The summed E-state index contributed by atoms with van der Waals surface area (Å²) in [6.45, 7) is 4.87. The highest BCUT2D eigenvalue weighted by atomic mass is 16.5. The number of fused-ring (bicyclic) bond motifs is 1. The minimum absolute atomic E-state index is 0.0845. The second-order valence-corrected chi connectivity index (χ2v) is 10.1. The van der Waals surface area contributed by atoms with Crippen LogP contribution in [0.4, 0.5) is 5.82 Å². The van der Waals surface area contributed by atoms with Crippen LogP contribution in [0.5, 0.6) is 0 Å². The fourth-order valence-electron chi connectivity index (χ4n) is 5.81. The predicted octanol–water partition coefficient (Wildman–Crippen LogP) is 4.61. The highest BCUT2D eigenvalue weighted by Crippen LogP contribution is 2.53. The number of benzene rings is 1. The molecule has 2 aliphatic heterocycles. The van der Waals surface area contributed by atoms with Crippen LogP contribution in [0.15, 0.2) is 42.5 Å². The normalized spacial score (nSPS) is 19.5. The number of carbonyl (C=O) groups is 1. The molecule has 1 N–H and O–H groups in total. The molecular weight excluding hydrogens is 398 g/mol. The van der Waals surface area contributed by atoms with E-state index in [4.69, 9.17) is 9.72 Å². The second kappa shape index (κ2) is 9.62. The fourth-order valence-corrected chi connectivity index (χ4v) is 5.81. The third-order valence-electron chi connectivity index (χ3n) is 7.42. The van der Waals surface area contributed by atoms with Gasteiger partial charge in [0.25, 0.3) is 0 Å². The molecule has 0 atom stereocenters. The first kappa shape index (κ1) is 21.4. The molecule has 0 radical (unpaired) electrons. The molecule has 1 spiro atoms. The number of anilines is 1. The maximum Gasteiger partial charge on any atom is 0.306 e. The van der Waals surface area contributed by atoms with Crippen LogP contribution in [0.25, 0.3) is 0 Å². The summed E-state index contributed by atoms with van der Waals surface area (Å²) >= 11 is 0. The molecule has 170 valence electrons. The zero-order valence-corrected chi connectivity index (χ0v) is 19.0. The zero-order chi connectivity index (χ0) is 21.8. The maximum absolute atomic E-state index is 12.0. The van der Waals surface area contributed by atoms with E-state index in [9.17, 15) is 4.79 Å². The molecule has 1 aromatic heterocycles. The smallest absolute Gasteiger partial charge is 0.306 e. The molecule has 2 aromatic rings. The lowest BCUT2D eigenvalue weighted by Gasteiger charge is -2.59. The van der Waals surface area contributed by atoms with Crippen LogP contribution in [0, 0.1) is 11.3 Å². The van der Waals surface area contributed by atoms with Gasteiger partial charge < -0.3 is 15.0 Å². The van der Waals surface area contributed by atoms with Crippen molar-refractivity contribution in [3.63, 3.8) is 0 Å². The van der Waals surface area contributed by atoms with Crippen LogP contribution in [-0.2, 0) is 29.0 Å². The quantitative estimate of drug-likeness (QED) is 0.586. The van der Waals surface area contributed by atoms with Crippen molar-refractivity contribution in [3.05, 3.63) is 59.3 Å². The van der Waals surface area contributed by atoms with Gasteiger partial charge in [0.1, 0.15) is 12.4 Å². The van der Waals surface area contributed by atoms with Crippen LogP contribution in [0.3, 0.4) is 0 Å². The van der Waals surface area contributed by atoms with Crippen molar-refractivity contribution < 1.29 is 9.53 Å². The van der Waals surface area contributed by atoms with E-state index in [1.54, 1.807) is 0 Å². The van der Waals surface area contributed by atoms with Gasteiger partial charge in [-0.05, 0) is 80.0 Å². The Morgan fingerprint density at radius 2 is 2.00 bits per heavy atom. The standard InChI is InChI=1S/C27H35N3O2/c31-25(32-18-21-6-2-1-3-7-21)9-5-15-30-19-27(20-30)16-22(17-27)10-12-24-13-11-23-8-4-14-28-26(23)29-24/h1-3,6-7,11,13,22H,4-5,8-10,12,14-20H2,(H,28,29). The van der Waals surface area contributed by atoms with Crippen LogP contribution in [0.1, 0.15) is 55.3 Å². The van der Waals surface area contributed by atoms with Crippen molar-refractivity contribution in [2.45, 2.75) is 58.0 Å². The number of pyridine rings is 1. The van der Waals surface area contributed by atoms with Gasteiger partial charge in [0, 0.05) is 31.7 Å². The molecular formula is C27H35N3O2. The average molecular weight is 434 g/mol. The molecule has 3 aliphatic rings. The minimum atomic E-state index is -0.0845. The lowest BCUT2D eigenvalue weighted by Crippen LogP contribution is -2.62. The van der Waals surface area contributed by atoms with Crippen molar-refractivity contribution in [1.29, 1.82) is 0 Å². The number of nitrogens with one attached hydrogen (secondary N) is 1. The SMILES string of the molecule is O=C(CCCN1CC2(CC(CCc3ccc4c(n3)NCCC4)C2)C1)OCc1ccccc1. The number of likely N-dealkylation sites (tertiary alicyclic amines) is 1. The van der Waals surface area contributed by atoms with Crippen molar-refractivity contribution in [2.75, 3.05) is 31.5 Å². The molecule has 0 bridgehead atoms. The molecule has 3 heterocycles. The van der Waals surface area contributed by atoms with Crippen LogP contribution < -0.4 is 5.32 Å². The van der Waals surface area contributed by atoms with E-state index in [-0.39, 0.29) is 5.97 Å². The number of hydrogen-bond donors (Lipinski definition) is 1. The van der Waals surface area contributed by atoms with Crippen molar-refractivity contribution in [1.82, 2.24) is 9.88 Å². The van der Waals surface area contributed by atoms with E-state index in [1.165, 1.54) is 50.0 Å². The Kier molecular flexibility index (Phi) is 6.44. The highest BCUT2D eigenvalue weighted by molar-refractivity contribution is 5.69. The van der Waals surface area contributed by atoms with Gasteiger partial charge in [0.2, 0.25) is 0 Å². The molecule has 32 heavy (non-hydrogen) atoms. The topological polar surface area (TPSA) is 54.5 Å². The van der Waals surface area contributed by atoms with Gasteiger partial charge in [-0.15, -0.1) is 0 Å². The summed E-state index contributed by atoms with van der Waals surface area (Å²) in [7, 11) is 0. The second-order valence-electron chi connectivity index (χ2n) is 10.1. The Morgan fingerprint density at radius 3 is 2.84 bits per heavy atom. The number of carbonyl (C=O) groups excluding carboxylic acids is 1. The van der Waals surface area contributed by atoms with E-state index in [0.717, 1.165) is 49.7 Å². The maximum atomic E-state index is 12.0. The Hall–Kier alpha value is -2.40. The molecule has 1 saturated heterocycles. The first-order valence-corrected chi connectivity index (χ1v) is 12.3. The minimum Gasteiger partial charge on any atom is -0.461 e. The lowest BCUT2D eigenvalue weighted by molar-refractivity contribution is -0.145. The van der Waals surface area contributed by atoms with Crippen LogP contribution >= 0.6 is 0 Å². The largest absolute Gasteiger partial charge is 0.461 e. The van der Waals surface area contributed by atoms with Gasteiger partial charge in [-0.3, -0.25) is 4.79 Å². The summed E-state index contributed by atoms with van der Waals surface area (Å²) in [6, 6.07) is 14.4. The van der Waals surface area contributed by atoms with Gasteiger partial charge in [-0.1, -0.05) is 36.4 Å². The van der Waals surface area contributed by atoms with E-state index in [2.05, 4.69) is 22.3 Å². The van der Waals surface area contributed by atoms with E-state index < -0.39 is 0 Å². The van der Waals surface area contributed by atoms with Crippen LogP contribution in [-0.4, -0.2) is 42.0 Å². The molecule has 5 heteroatoms. The Labute approximate surface area is 191 Å². The van der Waals surface area contributed by atoms with Gasteiger partial charge in [-0.2, -0.15) is 0 Å². The van der Waals surface area contributed by atoms with Crippen molar-refractivity contribution in [2.24, 2.45) is 11.3 Å². The third-order valence-corrected chi connectivity index (χ3v) is 7.42. The van der Waals surface area contributed by atoms with Crippen molar-refractivity contribution in [3.8, 4) is 0 Å². The molecule has 2 fully saturated rings. The zero-order valence-electron chi connectivity index (χ0n) is 19.0. The molecule has 1 aromatic carbocycles. The summed E-state index contributed by atoms with van der Waals surface area (Å²) in [5, 5.41) is 3.45. The first-order valence-electron chi connectivity index (χ1n) is 12.3. The first-order chi connectivity index (χ1) is 15.7. The summed E-state index contributed by atoms with van der Waals surface area (Å²) in [5.74, 6) is 1.90. The van der Waals surface area contributed by atoms with Crippen LogP contribution in [0.2, 0.25) is 0 Å². The lowest BCUT2D eigenvalue weighted by atomic mass is 9.56. The number of aromatic nitrogens is 1. The molecule has 0 unspecified atom stereocenters. The predicted molar refractivity (Wildman–Crippen MR) is 126 cm³/mol. The molecule has 5 rings (SSSR count). The molecule has 0 amide bonds. The number of hydrogen-bond acceptors (Lipinski definition) is 5. The number of ether oxygens (including phenoxy) is 1. The third kappa shape index (κ3) is 5.15. The molecule has 5 nitrogen and oxygen atoms in total. The summed E-state index contributed by atoms with van der Waals surface area (Å²) in [5.41, 5.74) is 4.24. The number of aryl methyl sites for hydroxylation is 2. The van der Waals surface area contributed by atoms with Gasteiger partial charge in [0.05, 0.1) is 0 Å². The average Bonchev–Trinajstić information content (AvgIpc) is 2.77. The summed E-state index contributed by atoms with van der Waals surface area (Å²) in [6.07, 6.45) is 8.88. The summed E-state index contributed by atoms with van der Waals surface area (Å²) < 4.78 is 5.38. The van der Waals surface area contributed by atoms with E-state index >= 15 is 0 Å². The Balaban J connectivity index is 0.938. The molecule has 1 saturated carbocycles. The number of esters is 1. The van der Waals surface area contributed by atoms with E-state index in [0.29, 0.717) is 18.4 Å². The van der Waals surface area contributed by atoms with Gasteiger partial charge in [0.15, 0.2) is 0 Å². The van der Waals surface area contributed by atoms with E-state index in [1.807, 2.05) is 30.3 Å². The van der Waals surface area contributed by atoms with Gasteiger partial charge in [-0.25, -0.2) is 4.98 Å². The number of nitrogens with zero attached hydrogens (tertiary/aromatic N) is 2. The van der Waals surface area contributed by atoms with Crippen molar-refractivity contribution >= 4 is 11.8 Å². The summed E-state index contributed by atoms with van der Waals surface area (Å²) in [4.78, 5) is 19.3. The Morgan fingerprint density at radius 1 is 1.16 bits per heavy atom. The Bertz CT molecular complexity index is 916. The fraction of sp³-hybridized carbons (Fsp3) is 0.556. The molecule has 1 aliphatic carbocycles. The van der Waals surface area contributed by atoms with Gasteiger partial charge >= 0.3 is 5.97 Å². The highest BCUT2D eigenvalue weighted by Gasteiger charge is 2.51. The number of rotatable bonds is 9.